The van der Waals surface area contributed by atoms with Crippen LogP contribution in [0.15, 0.2) is 48.6 Å². The second-order valence-corrected chi connectivity index (χ2v) is 5.04. The van der Waals surface area contributed by atoms with E-state index in [1.807, 2.05) is 48.6 Å². The van der Waals surface area contributed by atoms with Crippen LogP contribution in [0.5, 0.6) is 0 Å². The molecule has 0 saturated carbocycles. The molecule has 1 aliphatic carbocycles. The molecule has 102 valence electrons. The van der Waals surface area contributed by atoms with E-state index in [-0.39, 0.29) is 6.10 Å². The first kappa shape index (κ1) is 13.8. The minimum atomic E-state index is -0.663. The molecule has 0 aromatic heterocycles. The van der Waals surface area contributed by atoms with Crippen molar-refractivity contribution in [2.75, 3.05) is 5.73 Å². The Morgan fingerprint density at radius 1 is 1.26 bits per heavy atom. The SMILES string of the molecule is CCC(Cc1ccc(N)cc1)OC1(N)C=CC=CC1. The van der Waals surface area contributed by atoms with Gasteiger partial charge in [0.25, 0.3) is 0 Å². The third kappa shape index (κ3) is 3.94. The van der Waals surface area contributed by atoms with E-state index in [4.69, 9.17) is 16.2 Å². The zero-order chi connectivity index (χ0) is 13.7. The van der Waals surface area contributed by atoms with E-state index in [1.165, 1.54) is 5.56 Å². The highest BCUT2D eigenvalue weighted by atomic mass is 16.5. The van der Waals surface area contributed by atoms with Crippen molar-refractivity contribution in [2.45, 2.75) is 38.0 Å². The van der Waals surface area contributed by atoms with Gasteiger partial charge in [0.1, 0.15) is 5.72 Å². The number of allylic oxidation sites excluding steroid dienone is 2. The standard InChI is InChI=1S/C16H22N2O/c1-2-15(12-13-6-8-14(17)9-7-13)19-16(18)10-4-3-5-11-16/h3-10,15H,2,11-12,17-18H2,1H3. The lowest BCUT2D eigenvalue weighted by atomic mass is 10.0. The number of ether oxygens (including phenoxy) is 1. The lowest BCUT2D eigenvalue weighted by Gasteiger charge is -2.31. The molecular formula is C16H22N2O. The first-order chi connectivity index (χ1) is 9.11. The van der Waals surface area contributed by atoms with Crippen molar-refractivity contribution in [3.63, 3.8) is 0 Å². The van der Waals surface area contributed by atoms with Gasteiger partial charge in [-0.1, -0.05) is 37.3 Å². The quantitative estimate of drug-likeness (QED) is 0.630. The van der Waals surface area contributed by atoms with E-state index in [0.717, 1.165) is 24.9 Å². The molecule has 0 spiro atoms. The molecule has 1 aliphatic rings. The van der Waals surface area contributed by atoms with Gasteiger partial charge in [0.05, 0.1) is 6.10 Å². The molecule has 1 aromatic rings. The summed E-state index contributed by atoms with van der Waals surface area (Å²) < 4.78 is 6.07. The van der Waals surface area contributed by atoms with Crippen molar-refractivity contribution in [2.24, 2.45) is 5.73 Å². The molecule has 2 unspecified atom stereocenters. The van der Waals surface area contributed by atoms with Gasteiger partial charge in [-0.05, 0) is 36.6 Å². The largest absolute Gasteiger partial charge is 0.399 e. The monoisotopic (exact) mass is 258 g/mol. The van der Waals surface area contributed by atoms with E-state index < -0.39 is 5.72 Å². The van der Waals surface area contributed by atoms with Crippen LogP contribution in [0.1, 0.15) is 25.3 Å². The summed E-state index contributed by atoms with van der Waals surface area (Å²) in [7, 11) is 0. The Kier molecular flexibility index (Phi) is 4.40. The van der Waals surface area contributed by atoms with Crippen molar-refractivity contribution >= 4 is 5.69 Å². The second kappa shape index (κ2) is 6.04. The smallest absolute Gasteiger partial charge is 0.140 e. The van der Waals surface area contributed by atoms with Gasteiger partial charge >= 0.3 is 0 Å². The molecule has 2 atom stereocenters. The number of hydrogen-bond donors (Lipinski definition) is 2. The van der Waals surface area contributed by atoms with E-state index in [1.54, 1.807) is 0 Å². The van der Waals surface area contributed by atoms with Crippen molar-refractivity contribution in [1.82, 2.24) is 0 Å². The Bertz CT molecular complexity index is 464. The number of nitrogens with two attached hydrogens (primary N) is 2. The maximum absolute atomic E-state index is 6.23. The van der Waals surface area contributed by atoms with Crippen LogP contribution in [-0.2, 0) is 11.2 Å². The summed E-state index contributed by atoms with van der Waals surface area (Å²) >= 11 is 0. The molecule has 0 bridgehead atoms. The first-order valence-electron chi connectivity index (χ1n) is 6.77. The molecule has 4 N–H and O–H groups in total. The van der Waals surface area contributed by atoms with Crippen molar-refractivity contribution in [1.29, 1.82) is 0 Å². The molecule has 0 saturated heterocycles. The van der Waals surface area contributed by atoms with Crippen LogP contribution in [0.3, 0.4) is 0 Å². The highest BCUT2D eigenvalue weighted by molar-refractivity contribution is 5.39. The number of anilines is 1. The highest BCUT2D eigenvalue weighted by Gasteiger charge is 2.26. The molecule has 2 rings (SSSR count). The normalized spacial score (nSPS) is 23.5. The van der Waals surface area contributed by atoms with E-state index in [2.05, 4.69) is 6.92 Å². The van der Waals surface area contributed by atoms with Gasteiger partial charge in [0.2, 0.25) is 0 Å². The average molecular weight is 258 g/mol. The summed E-state index contributed by atoms with van der Waals surface area (Å²) in [5.41, 5.74) is 13.3. The molecule has 1 aromatic carbocycles. The van der Waals surface area contributed by atoms with Crippen LogP contribution in [0.2, 0.25) is 0 Å². The van der Waals surface area contributed by atoms with Gasteiger partial charge in [-0.3, -0.25) is 5.73 Å². The maximum atomic E-state index is 6.23. The molecule has 0 radical (unpaired) electrons. The van der Waals surface area contributed by atoms with Gasteiger partial charge in [-0.15, -0.1) is 0 Å². The molecule has 3 nitrogen and oxygen atoms in total. The number of rotatable bonds is 5. The third-order valence-electron chi connectivity index (χ3n) is 3.35. The van der Waals surface area contributed by atoms with E-state index in [9.17, 15) is 0 Å². The predicted molar refractivity (Wildman–Crippen MR) is 79.5 cm³/mol. The Balaban J connectivity index is 1.98. The topological polar surface area (TPSA) is 61.3 Å². The van der Waals surface area contributed by atoms with Gasteiger partial charge in [0.15, 0.2) is 0 Å². The van der Waals surface area contributed by atoms with Crippen LogP contribution in [-0.4, -0.2) is 11.8 Å². The third-order valence-corrected chi connectivity index (χ3v) is 3.35. The Hall–Kier alpha value is -1.58. The van der Waals surface area contributed by atoms with Crippen LogP contribution in [0.4, 0.5) is 5.69 Å². The summed E-state index contributed by atoms with van der Waals surface area (Å²) in [4.78, 5) is 0. The Morgan fingerprint density at radius 2 is 2.00 bits per heavy atom. The number of benzene rings is 1. The molecular weight excluding hydrogens is 236 g/mol. The fraction of sp³-hybridized carbons (Fsp3) is 0.375. The molecule has 3 heteroatoms. The van der Waals surface area contributed by atoms with Gasteiger partial charge in [0, 0.05) is 12.1 Å². The minimum Gasteiger partial charge on any atom is -0.399 e. The molecule has 0 amide bonds. The summed E-state index contributed by atoms with van der Waals surface area (Å²) in [6.45, 7) is 2.12. The number of nitrogen functional groups attached to an aromatic ring is 1. The van der Waals surface area contributed by atoms with Gasteiger partial charge < -0.3 is 10.5 Å². The second-order valence-electron chi connectivity index (χ2n) is 5.04. The van der Waals surface area contributed by atoms with E-state index in [0.29, 0.717) is 0 Å². The lowest BCUT2D eigenvalue weighted by molar-refractivity contribution is -0.0596. The lowest BCUT2D eigenvalue weighted by Crippen LogP contribution is -2.44. The van der Waals surface area contributed by atoms with Crippen LogP contribution >= 0.6 is 0 Å². The highest BCUT2D eigenvalue weighted by Crippen LogP contribution is 2.21. The minimum absolute atomic E-state index is 0.116. The Morgan fingerprint density at radius 3 is 2.58 bits per heavy atom. The summed E-state index contributed by atoms with van der Waals surface area (Å²) in [5, 5.41) is 0. The number of hydrogen-bond acceptors (Lipinski definition) is 3. The van der Waals surface area contributed by atoms with Crippen LogP contribution in [0, 0.1) is 0 Å². The molecule has 0 heterocycles. The van der Waals surface area contributed by atoms with Crippen LogP contribution in [0.25, 0.3) is 0 Å². The average Bonchev–Trinajstić information content (AvgIpc) is 2.41. The maximum Gasteiger partial charge on any atom is 0.140 e. The Labute approximate surface area is 114 Å². The predicted octanol–water partition coefficient (Wildman–Crippen LogP) is 2.78. The summed E-state index contributed by atoms with van der Waals surface area (Å²) in [5.74, 6) is 0. The van der Waals surface area contributed by atoms with Crippen LogP contribution < -0.4 is 11.5 Å². The summed E-state index contributed by atoms with van der Waals surface area (Å²) in [6, 6.07) is 7.93. The van der Waals surface area contributed by atoms with Gasteiger partial charge in [-0.25, -0.2) is 0 Å². The molecule has 0 aliphatic heterocycles. The zero-order valence-electron chi connectivity index (χ0n) is 11.4. The summed E-state index contributed by atoms with van der Waals surface area (Å²) in [6.07, 6.45) is 10.5. The van der Waals surface area contributed by atoms with Gasteiger partial charge in [-0.2, -0.15) is 0 Å². The van der Waals surface area contributed by atoms with Crippen molar-refractivity contribution in [3.8, 4) is 0 Å². The van der Waals surface area contributed by atoms with Crippen molar-refractivity contribution in [3.05, 3.63) is 54.1 Å². The molecule has 0 fully saturated rings. The van der Waals surface area contributed by atoms with Crippen molar-refractivity contribution < 1.29 is 4.74 Å². The zero-order valence-corrected chi connectivity index (χ0v) is 11.4. The fourth-order valence-electron chi connectivity index (χ4n) is 2.20. The molecule has 19 heavy (non-hydrogen) atoms. The fourth-order valence-corrected chi connectivity index (χ4v) is 2.20. The first-order valence-corrected chi connectivity index (χ1v) is 6.77. The van der Waals surface area contributed by atoms with E-state index >= 15 is 0 Å².